The molecule has 14 heavy (non-hydrogen) atoms. The lowest BCUT2D eigenvalue weighted by Gasteiger charge is -2.19. The number of aromatic nitrogens is 1. The summed E-state index contributed by atoms with van der Waals surface area (Å²) in [4.78, 5) is 4.14. The first kappa shape index (κ1) is 8.69. The van der Waals surface area contributed by atoms with Crippen LogP contribution < -0.4 is 5.32 Å². The van der Waals surface area contributed by atoms with E-state index in [-0.39, 0.29) is 0 Å². The molecule has 0 radical (unpaired) electrons. The number of hydrogen-bond donors (Lipinski definition) is 1. The summed E-state index contributed by atoms with van der Waals surface area (Å²) in [6, 6.07) is 5.44. The van der Waals surface area contributed by atoms with Crippen molar-refractivity contribution >= 4 is 11.6 Å². The third-order valence-electron chi connectivity index (χ3n) is 3.48. The summed E-state index contributed by atoms with van der Waals surface area (Å²) in [7, 11) is 0. The van der Waals surface area contributed by atoms with Gasteiger partial charge in [0.2, 0.25) is 0 Å². The monoisotopic (exact) mass is 208 g/mol. The normalized spacial score (nSPS) is 35.1. The fourth-order valence-corrected chi connectivity index (χ4v) is 2.91. The van der Waals surface area contributed by atoms with Gasteiger partial charge in [-0.05, 0) is 30.9 Å². The van der Waals surface area contributed by atoms with E-state index >= 15 is 0 Å². The quantitative estimate of drug-likeness (QED) is 0.717. The number of pyridine rings is 1. The molecule has 1 N–H and O–H groups in total. The Morgan fingerprint density at radius 2 is 2.29 bits per heavy atom. The zero-order valence-electron chi connectivity index (χ0n) is 7.91. The van der Waals surface area contributed by atoms with Gasteiger partial charge in [0.1, 0.15) is 5.15 Å². The first-order valence-electron chi connectivity index (χ1n) is 5.20. The molecule has 74 valence electrons. The smallest absolute Gasteiger partial charge is 0.129 e. The van der Waals surface area contributed by atoms with E-state index in [0.717, 1.165) is 6.04 Å². The first-order valence-corrected chi connectivity index (χ1v) is 5.58. The molecule has 0 aliphatic carbocycles. The maximum Gasteiger partial charge on any atom is 0.129 e. The zero-order chi connectivity index (χ0) is 9.54. The highest BCUT2D eigenvalue weighted by Crippen LogP contribution is 2.39. The van der Waals surface area contributed by atoms with Crippen molar-refractivity contribution in [3.8, 4) is 0 Å². The highest BCUT2D eigenvalue weighted by molar-refractivity contribution is 6.29. The molecule has 3 heterocycles. The van der Waals surface area contributed by atoms with Gasteiger partial charge in [0.05, 0.1) is 0 Å². The molecule has 2 bridgehead atoms. The molecular formula is C11H13ClN2. The highest BCUT2D eigenvalue weighted by Gasteiger charge is 2.39. The van der Waals surface area contributed by atoms with Crippen LogP contribution in [0.1, 0.15) is 30.7 Å². The van der Waals surface area contributed by atoms with Crippen molar-refractivity contribution in [2.45, 2.75) is 37.3 Å². The highest BCUT2D eigenvalue weighted by atomic mass is 35.5. The largest absolute Gasteiger partial charge is 0.311 e. The second kappa shape index (κ2) is 3.21. The summed E-state index contributed by atoms with van der Waals surface area (Å²) in [5, 5.41) is 4.22. The molecular weight excluding hydrogens is 196 g/mol. The van der Waals surface area contributed by atoms with Crippen molar-refractivity contribution in [1.82, 2.24) is 10.3 Å². The van der Waals surface area contributed by atoms with Crippen LogP contribution in [0.3, 0.4) is 0 Å². The van der Waals surface area contributed by atoms with Crippen LogP contribution in [0.5, 0.6) is 0 Å². The van der Waals surface area contributed by atoms with E-state index in [2.05, 4.69) is 16.4 Å². The standard InChI is InChI=1S/C11H13ClN2/c12-11-4-1-7(6-13-11)9-5-8-2-3-10(9)14-8/h1,4,6,8-10,14H,2-3,5H2/t8-,9-,10?/m1/s1. The molecule has 2 saturated heterocycles. The average Bonchev–Trinajstić information content (AvgIpc) is 2.80. The van der Waals surface area contributed by atoms with Gasteiger partial charge in [-0.1, -0.05) is 17.7 Å². The van der Waals surface area contributed by atoms with Crippen LogP contribution in [0.4, 0.5) is 0 Å². The van der Waals surface area contributed by atoms with Gasteiger partial charge in [-0.3, -0.25) is 0 Å². The summed E-state index contributed by atoms with van der Waals surface area (Å²) in [6.45, 7) is 0. The topological polar surface area (TPSA) is 24.9 Å². The molecule has 3 atom stereocenters. The number of nitrogens with one attached hydrogen (secondary N) is 1. The molecule has 1 aromatic heterocycles. The lowest BCUT2D eigenvalue weighted by molar-refractivity contribution is 0.505. The Balaban J connectivity index is 1.86. The number of hydrogen-bond acceptors (Lipinski definition) is 2. The predicted molar refractivity (Wildman–Crippen MR) is 56.6 cm³/mol. The van der Waals surface area contributed by atoms with Gasteiger partial charge in [-0.15, -0.1) is 0 Å². The van der Waals surface area contributed by atoms with E-state index in [1.54, 1.807) is 0 Å². The van der Waals surface area contributed by atoms with E-state index in [9.17, 15) is 0 Å². The second-order valence-electron chi connectivity index (χ2n) is 4.30. The van der Waals surface area contributed by atoms with Crippen LogP contribution in [0.25, 0.3) is 0 Å². The lowest BCUT2D eigenvalue weighted by Crippen LogP contribution is -2.21. The third kappa shape index (κ3) is 1.33. The summed E-state index contributed by atoms with van der Waals surface area (Å²) in [6.07, 6.45) is 5.86. The van der Waals surface area contributed by atoms with Crippen molar-refractivity contribution in [3.05, 3.63) is 29.0 Å². The van der Waals surface area contributed by atoms with Gasteiger partial charge < -0.3 is 5.32 Å². The van der Waals surface area contributed by atoms with Gasteiger partial charge in [0.15, 0.2) is 0 Å². The molecule has 0 aromatic carbocycles. The Labute approximate surface area is 88.7 Å². The van der Waals surface area contributed by atoms with Crippen molar-refractivity contribution in [1.29, 1.82) is 0 Å². The van der Waals surface area contributed by atoms with E-state index in [0.29, 0.717) is 17.1 Å². The number of halogens is 1. The lowest BCUT2D eigenvalue weighted by atomic mass is 9.85. The van der Waals surface area contributed by atoms with Crippen LogP contribution in [0, 0.1) is 0 Å². The maximum atomic E-state index is 5.77. The summed E-state index contributed by atoms with van der Waals surface area (Å²) in [5.74, 6) is 0.665. The van der Waals surface area contributed by atoms with Crippen LogP contribution in [-0.2, 0) is 0 Å². The second-order valence-corrected chi connectivity index (χ2v) is 4.69. The van der Waals surface area contributed by atoms with E-state index in [1.807, 2.05) is 12.3 Å². The maximum absolute atomic E-state index is 5.77. The van der Waals surface area contributed by atoms with Gasteiger partial charge in [0.25, 0.3) is 0 Å². The number of nitrogens with zero attached hydrogens (tertiary/aromatic N) is 1. The molecule has 0 saturated carbocycles. The van der Waals surface area contributed by atoms with E-state index in [1.165, 1.54) is 24.8 Å². The minimum absolute atomic E-state index is 0.588. The fraction of sp³-hybridized carbons (Fsp3) is 0.545. The van der Waals surface area contributed by atoms with Gasteiger partial charge in [0, 0.05) is 24.2 Å². The molecule has 1 unspecified atom stereocenters. The molecule has 3 heteroatoms. The van der Waals surface area contributed by atoms with Crippen LogP contribution >= 0.6 is 11.6 Å². The van der Waals surface area contributed by atoms with Crippen LogP contribution in [0.15, 0.2) is 18.3 Å². The Bertz CT molecular complexity index is 336. The Morgan fingerprint density at radius 1 is 1.36 bits per heavy atom. The van der Waals surface area contributed by atoms with E-state index < -0.39 is 0 Å². The SMILES string of the molecule is Clc1ccc([C@H]2C[C@H]3CCC2N3)cn1. The summed E-state index contributed by atoms with van der Waals surface area (Å²) in [5.41, 5.74) is 1.34. The molecule has 3 rings (SSSR count). The molecule has 1 aromatic rings. The zero-order valence-corrected chi connectivity index (χ0v) is 8.67. The number of fused-ring (bicyclic) bond motifs is 2. The molecule has 2 nitrogen and oxygen atoms in total. The molecule has 0 spiro atoms. The summed E-state index contributed by atoms with van der Waals surface area (Å²) >= 11 is 5.77. The fourth-order valence-electron chi connectivity index (χ4n) is 2.80. The van der Waals surface area contributed by atoms with Gasteiger partial charge in [-0.2, -0.15) is 0 Å². The van der Waals surface area contributed by atoms with Crippen LogP contribution in [0.2, 0.25) is 5.15 Å². The molecule has 2 aliphatic heterocycles. The summed E-state index contributed by atoms with van der Waals surface area (Å²) < 4.78 is 0. The molecule has 2 fully saturated rings. The predicted octanol–water partition coefficient (Wildman–Crippen LogP) is 2.34. The average molecular weight is 209 g/mol. The Hall–Kier alpha value is -0.600. The van der Waals surface area contributed by atoms with Gasteiger partial charge in [-0.25, -0.2) is 4.98 Å². The number of rotatable bonds is 1. The third-order valence-corrected chi connectivity index (χ3v) is 3.70. The van der Waals surface area contributed by atoms with Crippen molar-refractivity contribution < 1.29 is 0 Å². The van der Waals surface area contributed by atoms with Crippen molar-refractivity contribution in [2.24, 2.45) is 0 Å². The minimum atomic E-state index is 0.588. The van der Waals surface area contributed by atoms with Crippen molar-refractivity contribution in [3.63, 3.8) is 0 Å². The molecule has 0 amide bonds. The Kier molecular flexibility index (Phi) is 1.99. The first-order chi connectivity index (χ1) is 6.83. The van der Waals surface area contributed by atoms with E-state index in [4.69, 9.17) is 11.6 Å². The van der Waals surface area contributed by atoms with Crippen LogP contribution in [-0.4, -0.2) is 17.1 Å². The molecule has 2 aliphatic rings. The minimum Gasteiger partial charge on any atom is -0.311 e. The van der Waals surface area contributed by atoms with Crippen molar-refractivity contribution in [2.75, 3.05) is 0 Å². The van der Waals surface area contributed by atoms with Gasteiger partial charge >= 0.3 is 0 Å². The Morgan fingerprint density at radius 3 is 2.86 bits per heavy atom.